The van der Waals surface area contributed by atoms with Crippen LogP contribution in [0.2, 0.25) is 0 Å². The number of rotatable bonds is 7. The summed E-state index contributed by atoms with van der Waals surface area (Å²) in [5, 5.41) is 0. The lowest BCUT2D eigenvalue weighted by molar-refractivity contribution is 0.144. The summed E-state index contributed by atoms with van der Waals surface area (Å²) in [5.74, 6) is 1.97. The van der Waals surface area contributed by atoms with Crippen molar-refractivity contribution >= 4 is 6.08 Å². The maximum absolute atomic E-state index is 5.71. The molecule has 0 saturated heterocycles. The van der Waals surface area contributed by atoms with Crippen LogP contribution in [0.3, 0.4) is 0 Å². The van der Waals surface area contributed by atoms with Crippen LogP contribution in [0.5, 0.6) is 11.5 Å². The average Bonchev–Trinajstić information content (AvgIpc) is 2.39. The van der Waals surface area contributed by atoms with Gasteiger partial charge in [-0.3, -0.25) is 0 Å². The third-order valence-corrected chi connectivity index (χ3v) is 2.88. The first kappa shape index (κ1) is 15.6. The summed E-state index contributed by atoms with van der Waals surface area (Å²) >= 11 is 0. The summed E-state index contributed by atoms with van der Waals surface area (Å²) in [6.45, 7) is 7.44. The zero-order chi connectivity index (χ0) is 14.3. The zero-order valence-electron chi connectivity index (χ0n) is 12.5. The molecule has 0 fully saturated rings. The maximum Gasteiger partial charge on any atom is 0.161 e. The van der Waals surface area contributed by atoms with Gasteiger partial charge in [0.05, 0.1) is 13.7 Å². The van der Waals surface area contributed by atoms with E-state index in [0.717, 1.165) is 11.5 Å². The molecule has 3 nitrogen and oxygen atoms in total. The lowest BCUT2D eigenvalue weighted by Gasteiger charge is -2.16. The molecule has 0 heterocycles. The molecule has 1 rings (SSSR count). The zero-order valence-corrected chi connectivity index (χ0v) is 12.5. The van der Waals surface area contributed by atoms with E-state index in [1.54, 1.807) is 14.2 Å². The normalized spacial score (nSPS) is 11.3. The van der Waals surface area contributed by atoms with Gasteiger partial charge in [-0.1, -0.05) is 26.0 Å². The summed E-state index contributed by atoms with van der Waals surface area (Å²) in [7, 11) is 3.33. The van der Waals surface area contributed by atoms with Crippen molar-refractivity contribution in [1.29, 1.82) is 0 Å². The summed E-state index contributed by atoms with van der Waals surface area (Å²) in [6, 6.07) is 4.09. The van der Waals surface area contributed by atoms with Crippen molar-refractivity contribution in [2.75, 3.05) is 27.4 Å². The Morgan fingerprint density at radius 1 is 1.11 bits per heavy atom. The quantitative estimate of drug-likeness (QED) is 0.699. The number of ether oxygens (including phenoxy) is 3. The summed E-state index contributed by atoms with van der Waals surface area (Å²) < 4.78 is 16.1. The van der Waals surface area contributed by atoms with E-state index in [-0.39, 0.29) is 0 Å². The van der Waals surface area contributed by atoms with Crippen molar-refractivity contribution in [3.63, 3.8) is 0 Å². The van der Waals surface area contributed by atoms with E-state index in [1.165, 1.54) is 11.1 Å². The molecule has 0 amide bonds. The van der Waals surface area contributed by atoms with Gasteiger partial charge >= 0.3 is 0 Å². The lowest BCUT2D eigenvalue weighted by Crippen LogP contribution is -2.06. The molecule has 0 radical (unpaired) electrons. The van der Waals surface area contributed by atoms with E-state index in [4.69, 9.17) is 14.2 Å². The minimum Gasteiger partial charge on any atom is -0.493 e. The molecule has 3 heteroatoms. The molecule has 0 aliphatic rings. The predicted octanol–water partition coefficient (Wildman–Crippen LogP) is 3.88. The van der Waals surface area contributed by atoms with E-state index in [0.29, 0.717) is 19.1 Å². The van der Waals surface area contributed by atoms with Crippen molar-refractivity contribution in [3.8, 4) is 11.5 Å². The molecule has 1 aromatic carbocycles. The smallest absolute Gasteiger partial charge is 0.161 e. The largest absolute Gasteiger partial charge is 0.493 e. The van der Waals surface area contributed by atoms with Crippen LogP contribution in [-0.2, 0) is 4.74 Å². The van der Waals surface area contributed by atoms with Crippen LogP contribution in [-0.4, -0.2) is 27.4 Å². The molecule has 0 aromatic heterocycles. The third-order valence-electron chi connectivity index (χ3n) is 2.88. The first-order chi connectivity index (χ1) is 9.13. The van der Waals surface area contributed by atoms with Gasteiger partial charge in [0.2, 0.25) is 0 Å². The Morgan fingerprint density at radius 3 is 2.37 bits per heavy atom. The van der Waals surface area contributed by atoms with E-state index in [1.807, 2.05) is 19.1 Å². The molecule has 0 saturated carbocycles. The van der Waals surface area contributed by atoms with E-state index >= 15 is 0 Å². The highest BCUT2D eigenvalue weighted by Gasteiger charge is 2.12. The minimum absolute atomic E-state index is 0.438. The molecule has 0 aliphatic carbocycles. The van der Waals surface area contributed by atoms with Crippen LogP contribution in [0.25, 0.3) is 6.08 Å². The average molecular weight is 264 g/mol. The van der Waals surface area contributed by atoms with Crippen molar-refractivity contribution in [2.45, 2.75) is 26.7 Å². The van der Waals surface area contributed by atoms with Gasteiger partial charge in [-0.15, -0.1) is 0 Å². The van der Waals surface area contributed by atoms with Gasteiger partial charge in [-0.25, -0.2) is 0 Å². The SMILES string of the molecule is CC=Cc1cc(OCCOC)c(OC)cc1C(C)C. The Balaban J connectivity index is 3.11. The van der Waals surface area contributed by atoms with Crippen molar-refractivity contribution in [1.82, 2.24) is 0 Å². The van der Waals surface area contributed by atoms with Gasteiger partial charge in [0.1, 0.15) is 6.61 Å². The molecule has 0 unspecified atom stereocenters. The fraction of sp³-hybridized carbons (Fsp3) is 0.500. The highest BCUT2D eigenvalue weighted by atomic mass is 16.5. The number of methoxy groups -OCH3 is 2. The van der Waals surface area contributed by atoms with E-state index in [2.05, 4.69) is 26.0 Å². The van der Waals surface area contributed by atoms with Gasteiger partial charge in [0, 0.05) is 7.11 Å². The number of hydrogen-bond acceptors (Lipinski definition) is 3. The Hall–Kier alpha value is -1.48. The fourth-order valence-corrected chi connectivity index (χ4v) is 1.92. The highest BCUT2D eigenvalue weighted by Crippen LogP contribution is 2.34. The van der Waals surface area contributed by atoms with Crippen LogP contribution >= 0.6 is 0 Å². The van der Waals surface area contributed by atoms with Gasteiger partial charge in [-0.2, -0.15) is 0 Å². The van der Waals surface area contributed by atoms with Crippen LogP contribution in [0, 0.1) is 0 Å². The second-order valence-corrected chi connectivity index (χ2v) is 4.63. The Labute approximate surface area is 116 Å². The molecule has 19 heavy (non-hydrogen) atoms. The third kappa shape index (κ3) is 4.28. The Kier molecular flexibility index (Phi) is 6.43. The Morgan fingerprint density at radius 2 is 1.84 bits per heavy atom. The monoisotopic (exact) mass is 264 g/mol. The van der Waals surface area contributed by atoms with Crippen LogP contribution in [0.15, 0.2) is 18.2 Å². The number of benzene rings is 1. The lowest BCUT2D eigenvalue weighted by atomic mass is 9.96. The summed E-state index contributed by atoms with van der Waals surface area (Å²) in [4.78, 5) is 0. The topological polar surface area (TPSA) is 27.7 Å². The Bertz CT molecular complexity index is 422. The predicted molar refractivity (Wildman–Crippen MR) is 79.2 cm³/mol. The molecular formula is C16H24O3. The molecule has 106 valence electrons. The van der Waals surface area contributed by atoms with E-state index in [9.17, 15) is 0 Å². The number of allylic oxidation sites excluding steroid dienone is 1. The fourth-order valence-electron chi connectivity index (χ4n) is 1.92. The van der Waals surface area contributed by atoms with Gasteiger partial charge < -0.3 is 14.2 Å². The molecule has 0 aliphatic heterocycles. The maximum atomic E-state index is 5.71. The van der Waals surface area contributed by atoms with Gasteiger partial charge in [-0.05, 0) is 36.1 Å². The van der Waals surface area contributed by atoms with Crippen LogP contribution in [0.4, 0.5) is 0 Å². The van der Waals surface area contributed by atoms with Crippen molar-refractivity contribution in [3.05, 3.63) is 29.3 Å². The molecule has 0 spiro atoms. The first-order valence-corrected chi connectivity index (χ1v) is 6.60. The molecule has 0 bridgehead atoms. The second kappa shape index (κ2) is 7.85. The van der Waals surface area contributed by atoms with E-state index < -0.39 is 0 Å². The van der Waals surface area contributed by atoms with Crippen molar-refractivity contribution in [2.24, 2.45) is 0 Å². The van der Waals surface area contributed by atoms with Gasteiger partial charge in [0.15, 0.2) is 11.5 Å². The van der Waals surface area contributed by atoms with Gasteiger partial charge in [0.25, 0.3) is 0 Å². The minimum atomic E-state index is 0.438. The molecular weight excluding hydrogens is 240 g/mol. The number of hydrogen-bond donors (Lipinski definition) is 0. The molecule has 0 N–H and O–H groups in total. The summed E-state index contributed by atoms with van der Waals surface area (Å²) in [5.41, 5.74) is 2.43. The highest BCUT2D eigenvalue weighted by molar-refractivity contribution is 5.61. The van der Waals surface area contributed by atoms with Crippen LogP contribution < -0.4 is 9.47 Å². The molecule has 1 aromatic rings. The second-order valence-electron chi connectivity index (χ2n) is 4.63. The first-order valence-electron chi connectivity index (χ1n) is 6.60. The molecule has 0 atom stereocenters. The van der Waals surface area contributed by atoms with Crippen molar-refractivity contribution < 1.29 is 14.2 Å². The standard InChI is InChI=1S/C16H24O3/c1-6-7-13-10-16(19-9-8-17-4)15(18-5)11-14(13)12(2)3/h6-7,10-12H,8-9H2,1-5H3. The van der Waals surface area contributed by atoms with Crippen LogP contribution in [0.1, 0.15) is 37.8 Å². The summed E-state index contributed by atoms with van der Waals surface area (Å²) in [6.07, 6.45) is 4.13.